The van der Waals surface area contributed by atoms with Crippen LogP contribution in [0.15, 0.2) is 12.7 Å². The van der Waals surface area contributed by atoms with Crippen molar-refractivity contribution in [3.63, 3.8) is 0 Å². The number of ether oxygens (including phenoxy) is 2. The molecule has 3 nitrogen and oxygen atoms in total. The first kappa shape index (κ1) is 13.6. The van der Waals surface area contributed by atoms with Crippen LogP contribution in [-0.2, 0) is 14.3 Å². The van der Waals surface area contributed by atoms with Gasteiger partial charge < -0.3 is 9.47 Å². The second kappa shape index (κ2) is 5.87. The molecule has 18 heavy (non-hydrogen) atoms. The molecule has 0 amide bonds. The lowest BCUT2D eigenvalue weighted by molar-refractivity contribution is -0.200. The summed E-state index contributed by atoms with van der Waals surface area (Å²) in [7, 11) is 0. The van der Waals surface area contributed by atoms with Crippen molar-refractivity contribution in [1.29, 1.82) is 0 Å². The summed E-state index contributed by atoms with van der Waals surface area (Å²) in [4.78, 5) is 11.1. The molecule has 2 rings (SSSR count). The second-order valence-corrected chi connectivity index (χ2v) is 5.82. The van der Waals surface area contributed by atoms with E-state index in [9.17, 15) is 4.79 Å². The van der Waals surface area contributed by atoms with Gasteiger partial charge in [-0.3, -0.25) is 0 Å². The van der Waals surface area contributed by atoms with Gasteiger partial charge >= 0.3 is 5.97 Å². The fourth-order valence-electron chi connectivity index (χ4n) is 3.68. The van der Waals surface area contributed by atoms with E-state index in [0.717, 1.165) is 5.92 Å². The Morgan fingerprint density at radius 3 is 2.89 bits per heavy atom. The molecule has 2 aliphatic carbocycles. The highest BCUT2D eigenvalue weighted by molar-refractivity contribution is 5.81. The van der Waals surface area contributed by atoms with Gasteiger partial charge in [-0.25, -0.2) is 4.79 Å². The average Bonchev–Trinajstić information content (AvgIpc) is 2.34. The largest absolute Gasteiger partial charge is 0.433 e. The Balaban J connectivity index is 1.90. The average molecular weight is 252 g/mol. The summed E-state index contributed by atoms with van der Waals surface area (Å²) >= 11 is 0. The minimum atomic E-state index is -0.471. The van der Waals surface area contributed by atoms with E-state index in [-0.39, 0.29) is 6.10 Å². The van der Waals surface area contributed by atoms with Crippen LogP contribution >= 0.6 is 0 Å². The Hall–Kier alpha value is -0.830. The van der Waals surface area contributed by atoms with Crippen LogP contribution in [0.2, 0.25) is 0 Å². The Morgan fingerprint density at radius 2 is 2.17 bits per heavy atom. The predicted octanol–water partition coefficient (Wildman–Crippen LogP) is 3.29. The van der Waals surface area contributed by atoms with Gasteiger partial charge in [-0.15, -0.1) is 0 Å². The molecule has 5 unspecified atom stereocenters. The first-order chi connectivity index (χ1) is 8.60. The fourth-order valence-corrected chi connectivity index (χ4v) is 3.68. The maximum atomic E-state index is 11.1. The third kappa shape index (κ3) is 3.14. The molecule has 0 radical (unpaired) electrons. The number of carbonyl (C=O) groups is 1. The number of hydrogen-bond donors (Lipinski definition) is 0. The zero-order chi connectivity index (χ0) is 13.1. The molecular weight excluding hydrogens is 228 g/mol. The minimum absolute atomic E-state index is 0.245. The highest BCUT2D eigenvalue weighted by Crippen LogP contribution is 2.44. The SMILES string of the molecule is C=CC(=O)OC(C)OC1C(C)CC2CCCC1C2. The Labute approximate surface area is 110 Å². The zero-order valence-corrected chi connectivity index (χ0v) is 11.4. The lowest BCUT2D eigenvalue weighted by atomic mass is 9.67. The quantitative estimate of drug-likeness (QED) is 0.437. The molecule has 0 aromatic rings. The van der Waals surface area contributed by atoms with Crippen molar-refractivity contribution < 1.29 is 14.3 Å². The van der Waals surface area contributed by atoms with Crippen molar-refractivity contribution in [1.82, 2.24) is 0 Å². The van der Waals surface area contributed by atoms with Gasteiger partial charge in [-0.05, 0) is 43.9 Å². The maximum absolute atomic E-state index is 11.1. The molecule has 2 fully saturated rings. The summed E-state index contributed by atoms with van der Waals surface area (Å²) < 4.78 is 11.1. The normalized spacial score (nSPS) is 36.8. The highest BCUT2D eigenvalue weighted by atomic mass is 16.7. The van der Waals surface area contributed by atoms with Gasteiger partial charge in [0.1, 0.15) is 0 Å². The second-order valence-electron chi connectivity index (χ2n) is 5.82. The van der Waals surface area contributed by atoms with Crippen molar-refractivity contribution in [2.75, 3.05) is 0 Å². The third-order valence-corrected chi connectivity index (χ3v) is 4.35. The van der Waals surface area contributed by atoms with Crippen LogP contribution in [0.3, 0.4) is 0 Å². The van der Waals surface area contributed by atoms with Crippen molar-refractivity contribution in [2.24, 2.45) is 17.8 Å². The van der Waals surface area contributed by atoms with Gasteiger partial charge in [0.2, 0.25) is 6.29 Å². The van der Waals surface area contributed by atoms with Crippen molar-refractivity contribution in [3.05, 3.63) is 12.7 Å². The lowest BCUT2D eigenvalue weighted by Gasteiger charge is -2.44. The van der Waals surface area contributed by atoms with Crippen molar-refractivity contribution in [3.8, 4) is 0 Å². The molecule has 3 heteroatoms. The minimum Gasteiger partial charge on any atom is -0.433 e. The van der Waals surface area contributed by atoms with Gasteiger partial charge in [-0.1, -0.05) is 26.3 Å². The molecule has 0 aromatic carbocycles. The summed E-state index contributed by atoms with van der Waals surface area (Å²) in [6.07, 6.45) is 7.46. The number of esters is 1. The number of fused-ring (bicyclic) bond motifs is 2. The molecule has 5 atom stereocenters. The van der Waals surface area contributed by atoms with Crippen LogP contribution in [0.5, 0.6) is 0 Å². The fraction of sp³-hybridized carbons (Fsp3) is 0.800. The van der Waals surface area contributed by atoms with E-state index in [1.807, 2.05) is 0 Å². The molecule has 0 aliphatic heterocycles. The first-order valence-electron chi connectivity index (χ1n) is 7.08. The molecule has 2 aliphatic rings. The van der Waals surface area contributed by atoms with Crippen molar-refractivity contribution in [2.45, 2.75) is 58.3 Å². The molecule has 2 saturated carbocycles. The molecule has 0 spiro atoms. The van der Waals surface area contributed by atoms with E-state index in [2.05, 4.69) is 13.5 Å². The summed E-state index contributed by atoms with van der Waals surface area (Å²) in [6.45, 7) is 7.45. The Kier molecular flexibility index (Phi) is 4.44. The molecule has 2 bridgehead atoms. The van der Waals surface area contributed by atoms with Crippen LogP contribution < -0.4 is 0 Å². The van der Waals surface area contributed by atoms with Crippen LogP contribution in [-0.4, -0.2) is 18.4 Å². The Morgan fingerprint density at radius 1 is 1.39 bits per heavy atom. The maximum Gasteiger partial charge on any atom is 0.332 e. The number of hydrogen-bond acceptors (Lipinski definition) is 3. The lowest BCUT2D eigenvalue weighted by Crippen LogP contribution is -2.42. The molecule has 102 valence electrons. The topological polar surface area (TPSA) is 35.5 Å². The van der Waals surface area contributed by atoms with Crippen LogP contribution in [0.25, 0.3) is 0 Å². The highest BCUT2D eigenvalue weighted by Gasteiger charge is 2.39. The van der Waals surface area contributed by atoms with Gasteiger partial charge in [0.15, 0.2) is 0 Å². The molecule has 0 N–H and O–H groups in total. The predicted molar refractivity (Wildman–Crippen MR) is 69.9 cm³/mol. The summed E-state index contributed by atoms with van der Waals surface area (Å²) in [6, 6.07) is 0. The molecule has 0 aromatic heterocycles. The standard InChI is InChI=1S/C15H24O3/c1-4-14(16)17-11(3)18-15-10(2)8-12-6-5-7-13(15)9-12/h4,10-13,15H,1,5-9H2,2-3H3. The van der Waals surface area contributed by atoms with Crippen LogP contribution in [0, 0.1) is 17.8 Å². The van der Waals surface area contributed by atoms with Gasteiger partial charge in [0.05, 0.1) is 6.10 Å². The summed E-state index contributed by atoms with van der Waals surface area (Å²) in [5.74, 6) is 1.70. The van der Waals surface area contributed by atoms with Gasteiger partial charge in [0.25, 0.3) is 0 Å². The monoisotopic (exact) mass is 252 g/mol. The molecule has 0 heterocycles. The molecular formula is C15H24O3. The third-order valence-electron chi connectivity index (χ3n) is 4.35. The van der Waals surface area contributed by atoms with E-state index >= 15 is 0 Å². The van der Waals surface area contributed by atoms with Gasteiger partial charge in [0, 0.05) is 6.08 Å². The molecule has 0 saturated heterocycles. The van der Waals surface area contributed by atoms with Crippen molar-refractivity contribution >= 4 is 5.97 Å². The number of carbonyl (C=O) groups excluding carboxylic acids is 1. The van der Waals surface area contributed by atoms with E-state index in [0.29, 0.717) is 11.8 Å². The van der Waals surface area contributed by atoms with E-state index in [4.69, 9.17) is 9.47 Å². The zero-order valence-electron chi connectivity index (χ0n) is 11.4. The Bertz CT molecular complexity index is 311. The van der Waals surface area contributed by atoms with Gasteiger partial charge in [-0.2, -0.15) is 0 Å². The summed E-state index contributed by atoms with van der Waals surface area (Å²) in [5.41, 5.74) is 0. The van der Waals surface area contributed by atoms with Crippen LogP contribution in [0.1, 0.15) is 46.0 Å². The smallest absolute Gasteiger partial charge is 0.332 e. The van der Waals surface area contributed by atoms with E-state index in [1.165, 1.54) is 38.2 Å². The van der Waals surface area contributed by atoms with E-state index < -0.39 is 12.3 Å². The first-order valence-corrected chi connectivity index (χ1v) is 7.08. The van der Waals surface area contributed by atoms with E-state index in [1.54, 1.807) is 6.92 Å². The van der Waals surface area contributed by atoms with Crippen LogP contribution in [0.4, 0.5) is 0 Å². The number of rotatable bonds is 4. The summed E-state index contributed by atoms with van der Waals surface area (Å²) in [5, 5.41) is 0.